The highest BCUT2D eigenvalue weighted by Crippen LogP contribution is 2.05. The minimum absolute atomic E-state index is 0.0850. The molecule has 0 aliphatic heterocycles. The van der Waals surface area contributed by atoms with Crippen molar-refractivity contribution in [3.63, 3.8) is 0 Å². The SMILES string of the molecule is C[C@H](N)C(=O)N[C@@H](Cc1ccccc1)C(=O)NCCCCC(N)C(=O)CCl. The number of nitrogens with one attached hydrogen (secondary N) is 2. The van der Waals surface area contributed by atoms with Gasteiger partial charge in [-0.1, -0.05) is 30.3 Å². The monoisotopic (exact) mass is 396 g/mol. The van der Waals surface area contributed by atoms with Crippen LogP contribution in [0.2, 0.25) is 0 Å². The number of unbranched alkanes of at least 4 members (excludes halogenated alkanes) is 1. The average Bonchev–Trinajstić information content (AvgIpc) is 2.66. The molecule has 0 spiro atoms. The predicted octanol–water partition coefficient (Wildman–Crippen LogP) is 0.483. The Morgan fingerprint density at radius 3 is 2.33 bits per heavy atom. The summed E-state index contributed by atoms with van der Waals surface area (Å²) in [6, 6.07) is 7.48. The van der Waals surface area contributed by atoms with Gasteiger partial charge < -0.3 is 22.1 Å². The number of carbonyl (C=O) groups excluding carboxylic acids is 3. The maximum Gasteiger partial charge on any atom is 0.242 e. The van der Waals surface area contributed by atoms with Crippen molar-refractivity contribution in [3.8, 4) is 0 Å². The lowest BCUT2D eigenvalue weighted by atomic mass is 10.0. The van der Waals surface area contributed by atoms with Crippen LogP contribution in [0.15, 0.2) is 30.3 Å². The van der Waals surface area contributed by atoms with Crippen molar-refractivity contribution in [2.24, 2.45) is 11.5 Å². The Bertz CT molecular complexity index is 610. The molecule has 0 radical (unpaired) electrons. The van der Waals surface area contributed by atoms with E-state index in [2.05, 4.69) is 10.6 Å². The first kappa shape index (κ1) is 23.1. The van der Waals surface area contributed by atoms with Gasteiger partial charge in [0.25, 0.3) is 0 Å². The molecule has 27 heavy (non-hydrogen) atoms. The van der Waals surface area contributed by atoms with Crippen LogP contribution >= 0.6 is 11.6 Å². The second-order valence-electron chi connectivity index (χ2n) is 6.53. The Morgan fingerprint density at radius 2 is 1.74 bits per heavy atom. The molecule has 1 unspecified atom stereocenters. The molecule has 1 aromatic rings. The van der Waals surface area contributed by atoms with Gasteiger partial charge in [-0.2, -0.15) is 0 Å². The summed E-state index contributed by atoms with van der Waals surface area (Å²) in [6.45, 7) is 2.00. The molecular formula is C19H29ClN4O3. The molecule has 1 aromatic carbocycles. The van der Waals surface area contributed by atoms with Crippen molar-refractivity contribution in [2.75, 3.05) is 12.4 Å². The van der Waals surface area contributed by atoms with Crippen LogP contribution in [0.5, 0.6) is 0 Å². The number of carbonyl (C=O) groups is 3. The summed E-state index contributed by atoms with van der Waals surface area (Å²) in [5.41, 5.74) is 12.2. The fraction of sp³-hybridized carbons (Fsp3) is 0.526. The summed E-state index contributed by atoms with van der Waals surface area (Å²) in [6.07, 6.45) is 2.27. The van der Waals surface area contributed by atoms with Gasteiger partial charge in [0.2, 0.25) is 11.8 Å². The highest BCUT2D eigenvalue weighted by Gasteiger charge is 2.22. The molecule has 0 aliphatic rings. The van der Waals surface area contributed by atoms with E-state index >= 15 is 0 Å². The third-order valence-corrected chi connectivity index (χ3v) is 4.38. The number of hydrogen-bond acceptors (Lipinski definition) is 5. The van der Waals surface area contributed by atoms with Gasteiger partial charge in [-0.15, -0.1) is 11.6 Å². The van der Waals surface area contributed by atoms with Gasteiger partial charge in [0.05, 0.1) is 18.0 Å². The van der Waals surface area contributed by atoms with Gasteiger partial charge in [0.1, 0.15) is 6.04 Å². The molecule has 7 nitrogen and oxygen atoms in total. The van der Waals surface area contributed by atoms with E-state index < -0.39 is 18.1 Å². The van der Waals surface area contributed by atoms with Crippen LogP contribution in [0.3, 0.4) is 0 Å². The van der Waals surface area contributed by atoms with Crippen LogP contribution in [-0.2, 0) is 20.8 Å². The van der Waals surface area contributed by atoms with Crippen molar-refractivity contribution in [2.45, 2.75) is 50.7 Å². The van der Waals surface area contributed by atoms with E-state index in [0.29, 0.717) is 32.2 Å². The van der Waals surface area contributed by atoms with Gasteiger partial charge in [0, 0.05) is 13.0 Å². The lowest BCUT2D eigenvalue weighted by molar-refractivity contribution is -0.129. The van der Waals surface area contributed by atoms with Crippen molar-refractivity contribution in [3.05, 3.63) is 35.9 Å². The molecule has 8 heteroatoms. The van der Waals surface area contributed by atoms with Gasteiger partial charge in [-0.25, -0.2) is 0 Å². The zero-order chi connectivity index (χ0) is 20.2. The molecule has 0 fully saturated rings. The third kappa shape index (κ3) is 8.99. The fourth-order valence-corrected chi connectivity index (χ4v) is 2.64. The van der Waals surface area contributed by atoms with Crippen LogP contribution in [0.4, 0.5) is 0 Å². The first-order valence-corrected chi connectivity index (χ1v) is 9.60. The fourth-order valence-electron chi connectivity index (χ4n) is 2.45. The van der Waals surface area contributed by atoms with Gasteiger partial charge in [-0.3, -0.25) is 14.4 Å². The number of Topliss-reactive ketones (excluding diaryl/α,β-unsaturated/α-hetero) is 1. The molecule has 0 heterocycles. The van der Waals surface area contributed by atoms with Crippen LogP contribution in [0.25, 0.3) is 0 Å². The number of amides is 2. The average molecular weight is 397 g/mol. The molecule has 3 atom stereocenters. The third-order valence-electron chi connectivity index (χ3n) is 4.12. The quantitative estimate of drug-likeness (QED) is 0.302. The smallest absolute Gasteiger partial charge is 0.242 e. The molecule has 6 N–H and O–H groups in total. The van der Waals surface area contributed by atoms with Crippen LogP contribution in [0.1, 0.15) is 31.7 Å². The number of hydrogen-bond donors (Lipinski definition) is 4. The van der Waals surface area contributed by atoms with Crippen LogP contribution < -0.4 is 22.1 Å². The highest BCUT2D eigenvalue weighted by atomic mass is 35.5. The highest BCUT2D eigenvalue weighted by molar-refractivity contribution is 6.28. The first-order valence-electron chi connectivity index (χ1n) is 9.07. The Hall–Kier alpha value is -1.96. The van der Waals surface area contributed by atoms with E-state index in [1.165, 1.54) is 0 Å². The normalized spacial score (nSPS) is 14.1. The largest absolute Gasteiger partial charge is 0.354 e. The summed E-state index contributed by atoms with van der Waals surface area (Å²) in [5.74, 6) is -0.911. The molecule has 1 rings (SSSR count). The second-order valence-corrected chi connectivity index (χ2v) is 6.80. The summed E-state index contributed by atoms with van der Waals surface area (Å²) in [7, 11) is 0. The number of ketones is 1. The Morgan fingerprint density at radius 1 is 1.07 bits per heavy atom. The molecule has 0 saturated carbocycles. The standard InChI is InChI=1S/C19H29ClN4O3/c1-13(21)18(26)24-16(11-14-7-3-2-4-8-14)19(27)23-10-6-5-9-15(22)17(25)12-20/h2-4,7-8,13,15-16H,5-6,9-12,21-22H2,1H3,(H,23,27)(H,24,26)/t13-,15?,16-/m0/s1. The van der Waals surface area contributed by atoms with Crippen LogP contribution in [0, 0.1) is 0 Å². The number of halogens is 1. The van der Waals surface area contributed by atoms with E-state index in [1.54, 1.807) is 6.92 Å². The lowest BCUT2D eigenvalue weighted by Crippen LogP contribution is -2.52. The number of nitrogens with two attached hydrogens (primary N) is 2. The number of benzene rings is 1. The predicted molar refractivity (Wildman–Crippen MR) is 106 cm³/mol. The number of alkyl halides is 1. The van der Waals surface area contributed by atoms with E-state index in [-0.39, 0.29) is 23.5 Å². The minimum Gasteiger partial charge on any atom is -0.354 e. The molecule has 0 aromatic heterocycles. The van der Waals surface area contributed by atoms with E-state index in [1.807, 2.05) is 30.3 Å². The van der Waals surface area contributed by atoms with Gasteiger partial charge in [-0.05, 0) is 31.7 Å². The maximum absolute atomic E-state index is 12.5. The van der Waals surface area contributed by atoms with E-state index in [4.69, 9.17) is 23.1 Å². The van der Waals surface area contributed by atoms with Crippen molar-refractivity contribution in [1.82, 2.24) is 10.6 Å². The van der Waals surface area contributed by atoms with Crippen molar-refractivity contribution in [1.29, 1.82) is 0 Å². The zero-order valence-electron chi connectivity index (χ0n) is 15.6. The first-order chi connectivity index (χ1) is 12.8. The van der Waals surface area contributed by atoms with Crippen LogP contribution in [-0.4, -0.2) is 48.1 Å². The topological polar surface area (TPSA) is 127 Å². The molecular weight excluding hydrogens is 368 g/mol. The summed E-state index contributed by atoms with van der Waals surface area (Å²) in [5, 5.41) is 5.51. The zero-order valence-corrected chi connectivity index (χ0v) is 16.4. The molecule has 0 aliphatic carbocycles. The summed E-state index contributed by atoms with van der Waals surface area (Å²) in [4.78, 5) is 35.7. The van der Waals surface area contributed by atoms with E-state index in [0.717, 1.165) is 5.56 Å². The Kier molecular flexibility index (Phi) is 10.6. The summed E-state index contributed by atoms with van der Waals surface area (Å²) >= 11 is 5.46. The molecule has 150 valence electrons. The van der Waals surface area contributed by atoms with E-state index in [9.17, 15) is 14.4 Å². The lowest BCUT2D eigenvalue weighted by Gasteiger charge is -2.20. The maximum atomic E-state index is 12.5. The van der Waals surface area contributed by atoms with Crippen molar-refractivity contribution >= 4 is 29.2 Å². The Labute approximate surface area is 165 Å². The Balaban J connectivity index is 2.50. The minimum atomic E-state index is -0.703. The second kappa shape index (κ2) is 12.4. The van der Waals surface area contributed by atoms with Gasteiger partial charge in [0.15, 0.2) is 5.78 Å². The van der Waals surface area contributed by atoms with Crippen molar-refractivity contribution < 1.29 is 14.4 Å². The summed E-state index contributed by atoms with van der Waals surface area (Å²) < 4.78 is 0. The molecule has 0 bridgehead atoms. The number of rotatable bonds is 12. The molecule has 2 amide bonds. The molecule has 0 saturated heterocycles. The van der Waals surface area contributed by atoms with Gasteiger partial charge >= 0.3 is 0 Å².